The van der Waals surface area contributed by atoms with Gasteiger partial charge in [0.25, 0.3) is 0 Å². The second-order valence-corrected chi connectivity index (χ2v) is 6.72. The van der Waals surface area contributed by atoms with Crippen molar-refractivity contribution in [3.8, 4) is 0 Å². The van der Waals surface area contributed by atoms with Gasteiger partial charge in [0, 0.05) is 29.8 Å². The predicted molar refractivity (Wildman–Crippen MR) is 76.8 cm³/mol. The summed E-state index contributed by atoms with van der Waals surface area (Å²) in [6.07, 6.45) is 3.38. The van der Waals surface area contributed by atoms with Gasteiger partial charge >= 0.3 is 0 Å². The quantitative estimate of drug-likeness (QED) is 0.891. The first-order valence-electron chi connectivity index (χ1n) is 6.32. The first-order chi connectivity index (χ1) is 8.31. The molecule has 0 aromatic carbocycles. The molecule has 0 spiro atoms. The fraction of sp³-hybridized carbons (Fsp3) is 0.692. The molecule has 1 fully saturated rings. The maximum atomic E-state index is 6.28. The molecule has 1 aromatic heterocycles. The molecule has 1 saturated heterocycles. The lowest BCUT2D eigenvalue weighted by Gasteiger charge is -2.29. The predicted octanol–water partition coefficient (Wildman–Crippen LogP) is 3.44. The Labute approximate surface area is 112 Å². The molecule has 0 amide bonds. The van der Waals surface area contributed by atoms with Gasteiger partial charge in [-0.1, -0.05) is 6.92 Å². The van der Waals surface area contributed by atoms with Crippen LogP contribution < -0.4 is 5.73 Å². The monoisotopic (exact) mass is 271 g/mol. The molecule has 1 aliphatic rings. The van der Waals surface area contributed by atoms with Gasteiger partial charge in [0.05, 0.1) is 0 Å². The van der Waals surface area contributed by atoms with Crippen LogP contribution in [-0.2, 0) is 4.74 Å². The van der Waals surface area contributed by atoms with E-state index in [1.807, 2.05) is 0 Å². The van der Waals surface area contributed by atoms with Crippen LogP contribution >= 0.6 is 23.1 Å². The molecular weight excluding hydrogens is 250 g/mol. The highest BCUT2D eigenvalue weighted by Gasteiger charge is 2.25. The molecule has 1 aromatic rings. The minimum absolute atomic E-state index is 0.262. The highest BCUT2D eigenvalue weighted by molar-refractivity contribution is 8.00. The van der Waals surface area contributed by atoms with Crippen LogP contribution in [-0.4, -0.2) is 24.5 Å². The number of thioether (sulfide) groups is 1. The molecule has 4 heteroatoms. The van der Waals surface area contributed by atoms with Crippen LogP contribution in [0.2, 0.25) is 0 Å². The average molecular weight is 271 g/mol. The Balaban J connectivity index is 2.00. The summed E-state index contributed by atoms with van der Waals surface area (Å²) in [6, 6.07) is 2.48. The second kappa shape index (κ2) is 6.78. The zero-order chi connectivity index (χ0) is 12.1. The summed E-state index contributed by atoms with van der Waals surface area (Å²) in [7, 11) is 0. The third-order valence-corrected chi connectivity index (χ3v) is 5.71. The van der Waals surface area contributed by atoms with Crippen molar-refractivity contribution < 1.29 is 4.74 Å². The Morgan fingerprint density at radius 2 is 2.29 bits per heavy atom. The first kappa shape index (κ1) is 13.4. The summed E-state index contributed by atoms with van der Waals surface area (Å²) in [5, 5.41) is 5.56. The minimum Gasteiger partial charge on any atom is -0.381 e. The molecule has 0 bridgehead atoms. The van der Waals surface area contributed by atoms with Crippen LogP contribution in [0, 0.1) is 0 Å². The molecule has 2 atom stereocenters. The summed E-state index contributed by atoms with van der Waals surface area (Å²) in [4.78, 5) is 0. The molecule has 2 unspecified atom stereocenters. The van der Waals surface area contributed by atoms with Gasteiger partial charge in [-0.05, 0) is 41.7 Å². The SMILES string of the molecule is CCC(N)C(SC1CCOCC1)c1ccsc1. The molecule has 0 aliphatic carbocycles. The Bertz CT molecular complexity index is 309. The molecule has 2 nitrogen and oxygen atoms in total. The zero-order valence-electron chi connectivity index (χ0n) is 10.3. The normalized spacial score (nSPS) is 21.3. The highest BCUT2D eigenvalue weighted by atomic mass is 32.2. The van der Waals surface area contributed by atoms with Crippen molar-refractivity contribution in [2.45, 2.75) is 42.7 Å². The highest BCUT2D eigenvalue weighted by Crippen LogP contribution is 2.39. The second-order valence-electron chi connectivity index (χ2n) is 4.50. The summed E-state index contributed by atoms with van der Waals surface area (Å²) in [5.41, 5.74) is 7.68. The molecule has 0 radical (unpaired) electrons. The summed E-state index contributed by atoms with van der Waals surface area (Å²) in [6.45, 7) is 4.00. The molecule has 17 heavy (non-hydrogen) atoms. The fourth-order valence-electron chi connectivity index (χ4n) is 2.10. The summed E-state index contributed by atoms with van der Waals surface area (Å²) >= 11 is 3.82. The Hall–Kier alpha value is -0.0300. The largest absolute Gasteiger partial charge is 0.381 e. The Morgan fingerprint density at radius 1 is 1.53 bits per heavy atom. The number of hydrogen-bond acceptors (Lipinski definition) is 4. The standard InChI is InChI=1S/C13H21NOS2/c1-2-12(14)13(10-5-8-16-9-10)17-11-3-6-15-7-4-11/h5,8-9,11-13H,2-4,6-7,14H2,1H3. The van der Waals surface area contributed by atoms with Gasteiger partial charge in [0.15, 0.2) is 0 Å². The van der Waals surface area contributed by atoms with Crippen molar-refractivity contribution in [1.29, 1.82) is 0 Å². The Morgan fingerprint density at radius 3 is 2.88 bits per heavy atom. The van der Waals surface area contributed by atoms with Crippen LogP contribution in [0.1, 0.15) is 37.0 Å². The molecular formula is C13H21NOS2. The summed E-state index contributed by atoms with van der Waals surface area (Å²) < 4.78 is 5.42. The van der Waals surface area contributed by atoms with E-state index in [1.165, 1.54) is 18.4 Å². The number of thiophene rings is 1. The molecule has 1 aliphatic heterocycles. The van der Waals surface area contributed by atoms with Crippen LogP contribution in [0.5, 0.6) is 0 Å². The van der Waals surface area contributed by atoms with E-state index in [9.17, 15) is 0 Å². The molecule has 96 valence electrons. The van der Waals surface area contributed by atoms with E-state index in [1.54, 1.807) is 11.3 Å². The molecule has 2 N–H and O–H groups in total. The number of hydrogen-bond donors (Lipinski definition) is 1. The number of nitrogens with two attached hydrogens (primary N) is 1. The van der Waals surface area contributed by atoms with Crippen LogP contribution in [0.4, 0.5) is 0 Å². The topological polar surface area (TPSA) is 35.2 Å². The lowest BCUT2D eigenvalue weighted by atomic mass is 10.1. The smallest absolute Gasteiger partial charge is 0.0476 e. The molecule has 2 heterocycles. The average Bonchev–Trinajstić information content (AvgIpc) is 2.90. The fourth-order valence-corrected chi connectivity index (χ4v) is 4.46. The van der Waals surface area contributed by atoms with E-state index < -0.39 is 0 Å². The minimum atomic E-state index is 0.262. The van der Waals surface area contributed by atoms with E-state index in [-0.39, 0.29) is 6.04 Å². The maximum Gasteiger partial charge on any atom is 0.0476 e. The third kappa shape index (κ3) is 3.71. The lowest BCUT2D eigenvalue weighted by Crippen LogP contribution is -2.28. The van der Waals surface area contributed by atoms with Gasteiger partial charge in [-0.15, -0.1) is 11.8 Å². The van der Waals surface area contributed by atoms with Crippen molar-refractivity contribution >= 4 is 23.1 Å². The number of ether oxygens (including phenoxy) is 1. The number of rotatable bonds is 5. The lowest BCUT2D eigenvalue weighted by molar-refractivity contribution is 0.0999. The van der Waals surface area contributed by atoms with E-state index >= 15 is 0 Å². The molecule has 0 saturated carbocycles. The van der Waals surface area contributed by atoms with Crippen LogP contribution in [0.25, 0.3) is 0 Å². The van der Waals surface area contributed by atoms with Gasteiger partial charge < -0.3 is 10.5 Å². The van der Waals surface area contributed by atoms with Crippen molar-refractivity contribution in [1.82, 2.24) is 0 Å². The van der Waals surface area contributed by atoms with E-state index in [4.69, 9.17) is 10.5 Å². The summed E-state index contributed by atoms with van der Waals surface area (Å²) in [5.74, 6) is 0. The van der Waals surface area contributed by atoms with E-state index in [0.717, 1.165) is 19.6 Å². The third-order valence-electron chi connectivity index (χ3n) is 3.24. The van der Waals surface area contributed by atoms with Crippen molar-refractivity contribution in [3.63, 3.8) is 0 Å². The van der Waals surface area contributed by atoms with E-state index in [0.29, 0.717) is 10.5 Å². The van der Waals surface area contributed by atoms with Gasteiger partial charge in [-0.25, -0.2) is 0 Å². The van der Waals surface area contributed by atoms with Gasteiger partial charge in [0.1, 0.15) is 0 Å². The van der Waals surface area contributed by atoms with Gasteiger partial charge in [-0.3, -0.25) is 0 Å². The Kier molecular flexibility index (Phi) is 5.35. The van der Waals surface area contributed by atoms with E-state index in [2.05, 4.69) is 35.5 Å². The van der Waals surface area contributed by atoms with Crippen LogP contribution in [0.3, 0.4) is 0 Å². The first-order valence-corrected chi connectivity index (χ1v) is 8.20. The van der Waals surface area contributed by atoms with Gasteiger partial charge in [0.2, 0.25) is 0 Å². The van der Waals surface area contributed by atoms with Crippen molar-refractivity contribution in [2.75, 3.05) is 13.2 Å². The van der Waals surface area contributed by atoms with Crippen molar-refractivity contribution in [2.24, 2.45) is 5.73 Å². The van der Waals surface area contributed by atoms with Crippen molar-refractivity contribution in [3.05, 3.63) is 22.4 Å². The zero-order valence-corrected chi connectivity index (χ0v) is 11.9. The van der Waals surface area contributed by atoms with Crippen LogP contribution in [0.15, 0.2) is 16.8 Å². The van der Waals surface area contributed by atoms with Gasteiger partial charge in [-0.2, -0.15) is 11.3 Å². The maximum absolute atomic E-state index is 6.28. The molecule has 2 rings (SSSR count).